The molecule has 140 valence electrons. The molecule has 2 aliphatic rings. The fraction of sp³-hybridized carbons (Fsp3) is 0.182. The van der Waals surface area contributed by atoms with E-state index in [-0.39, 0.29) is 5.56 Å². The van der Waals surface area contributed by atoms with Crippen molar-refractivity contribution in [1.29, 1.82) is 0 Å². The smallest absolute Gasteiger partial charge is 0.164 e. The third kappa shape index (κ3) is 2.48. The number of nitrogens with one attached hydrogen (secondary N) is 2. The molecule has 2 aliphatic heterocycles. The van der Waals surface area contributed by atoms with Gasteiger partial charge >= 0.3 is 0 Å². The first-order valence-corrected chi connectivity index (χ1v) is 9.30. The predicted molar refractivity (Wildman–Crippen MR) is 105 cm³/mol. The molecule has 3 aromatic rings. The molecule has 0 amide bonds. The van der Waals surface area contributed by atoms with Crippen LogP contribution in [0.5, 0.6) is 0 Å². The van der Waals surface area contributed by atoms with Crippen molar-refractivity contribution in [2.45, 2.75) is 25.8 Å². The van der Waals surface area contributed by atoms with Gasteiger partial charge in [0, 0.05) is 40.2 Å². The Kier molecular flexibility index (Phi) is 3.86. The Labute approximate surface area is 160 Å². The molecule has 5 rings (SSSR count). The second-order valence-corrected chi connectivity index (χ2v) is 6.98. The van der Waals surface area contributed by atoms with Crippen LogP contribution in [0.2, 0.25) is 0 Å². The van der Waals surface area contributed by atoms with Gasteiger partial charge < -0.3 is 4.98 Å². The molecule has 1 atom stereocenters. The van der Waals surface area contributed by atoms with Crippen molar-refractivity contribution < 1.29 is 8.78 Å². The summed E-state index contributed by atoms with van der Waals surface area (Å²) < 4.78 is 28.7. The first-order valence-electron chi connectivity index (χ1n) is 9.30. The van der Waals surface area contributed by atoms with Gasteiger partial charge in [-0.1, -0.05) is 37.3 Å². The van der Waals surface area contributed by atoms with Crippen LogP contribution in [0.3, 0.4) is 0 Å². The number of hydrazone groups is 1. The fourth-order valence-corrected chi connectivity index (χ4v) is 3.99. The summed E-state index contributed by atoms with van der Waals surface area (Å²) in [6.45, 7) is 2.07. The van der Waals surface area contributed by atoms with E-state index in [9.17, 15) is 8.78 Å². The molecule has 1 unspecified atom stereocenters. The minimum atomic E-state index is -0.870. The Morgan fingerprint density at radius 3 is 2.79 bits per heavy atom. The summed E-state index contributed by atoms with van der Waals surface area (Å²) in [5, 5.41) is 6.27. The number of halogens is 2. The molecule has 3 heterocycles. The van der Waals surface area contributed by atoms with Crippen LogP contribution in [-0.2, 0) is 0 Å². The van der Waals surface area contributed by atoms with Crippen LogP contribution in [-0.4, -0.2) is 10.7 Å². The van der Waals surface area contributed by atoms with E-state index in [0.717, 1.165) is 51.3 Å². The Bertz CT molecular complexity index is 1240. The second-order valence-electron chi connectivity index (χ2n) is 6.98. The molecule has 0 saturated carbocycles. The van der Waals surface area contributed by atoms with Crippen LogP contribution in [0, 0.1) is 11.6 Å². The maximum atomic E-state index is 14.7. The normalized spacial score (nSPS) is 17.5. The van der Waals surface area contributed by atoms with Crippen molar-refractivity contribution in [3.8, 4) is 0 Å². The van der Waals surface area contributed by atoms with E-state index in [0.29, 0.717) is 6.42 Å². The Hall–Kier alpha value is -3.28. The maximum absolute atomic E-state index is 14.7. The van der Waals surface area contributed by atoms with Crippen LogP contribution in [0.4, 0.5) is 14.6 Å². The highest BCUT2D eigenvalue weighted by atomic mass is 19.2. The molecule has 0 fully saturated rings. The minimum Gasteiger partial charge on any atom is -0.346 e. The summed E-state index contributed by atoms with van der Waals surface area (Å²) in [4.78, 5) is 8.07. The zero-order valence-corrected chi connectivity index (χ0v) is 15.3. The van der Waals surface area contributed by atoms with Gasteiger partial charge in [0.2, 0.25) is 0 Å². The van der Waals surface area contributed by atoms with Crippen molar-refractivity contribution >= 4 is 17.1 Å². The molecule has 4 nitrogen and oxygen atoms in total. The Morgan fingerprint density at radius 2 is 1.93 bits per heavy atom. The monoisotopic (exact) mass is 376 g/mol. The SMILES string of the molecule is CCC1=NNc2[nH]cc3c2C(=c2ccccc2=NC3c2cccc(F)c2F)C1. The lowest BCUT2D eigenvalue weighted by Gasteiger charge is -2.15. The van der Waals surface area contributed by atoms with Gasteiger partial charge in [-0.2, -0.15) is 5.10 Å². The number of H-pyrrole nitrogens is 1. The number of fused-ring (bicyclic) bond motifs is 1. The molecule has 0 saturated heterocycles. The number of para-hydroxylation sites is 1. The topological polar surface area (TPSA) is 52.5 Å². The molecule has 0 radical (unpaired) electrons. The summed E-state index contributed by atoms with van der Waals surface area (Å²) >= 11 is 0. The van der Waals surface area contributed by atoms with Crippen molar-refractivity contribution in [1.82, 2.24) is 4.98 Å². The van der Waals surface area contributed by atoms with Crippen LogP contribution >= 0.6 is 0 Å². The summed E-state index contributed by atoms with van der Waals surface area (Å²) in [6.07, 6.45) is 3.30. The molecule has 0 bridgehead atoms. The maximum Gasteiger partial charge on any atom is 0.164 e. The quantitative estimate of drug-likeness (QED) is 0.702. The molecule has 0 aliphatic carbocycles. The van der Waals surface area contributed by atoms with Crippen LogP contribution in [0.1, 0.15) is 42.5 Å². The average Bonchev–Trinajstić information content (AvgIpc) is 2.97. The van der Waals surface area contributed by atoms with E-state index in [2.05, 4.69) is 22.4 Å². The number of rotatable bonds is 2. The van der Waals surface area contributed by atoms with E-state index >= 15 is 0 Å². The first kappa shape index (κ1) is 16.9. The zero-order valence-electron chi connectivity index (χ0n) is 15.3. The van der Waals surface area contributed by atoms with Crippen molar-refractivity contribution in [2.24, 2.45) is 10.1 Å². The van der Waals surface area contributed by atoms with Gasteiger partial charge in [-0.15, -0.1) is 0 Å². The lowest BCUT2D eigenvalue weighted by atomic mass is 9.91. The van der Waals surface area contributed by atoms with Gasteiger partial charge in [-0.25, -0.2) is 8.78 Å². The van der Waals surface area contributed by atoms with Gasteiger partial charge in [0.05, 0.1) is 5.36 Å². The van der Waals surface area contributed by atoms with Gasteiger partial charge in [0.15, 0.2) is 11.6 Å². The Morgan fingerprint density at radius 1 is 1.07 bits per heavy atom. The average molecular weight is 376 g/mol. The fourth-order valence-electron chi connectivity index (χ4n) is 3.99. The largest absolute Gasteiger partial charge is 0.346 e. The van der Waals surface area contributed by atoms with E-state index in [4.69, 9.17) is 4.99 Å². The predicted octanol–water partition coefficient (Wildman–Crippen LogP) is 3.80. The van der Waals surface area contributed by atoms with Crippen molar-refractivity contribution in [2.75, 3.05) is 5.43 Å². The van der Waals surface area contributed by atoms with E-state index in [1.807, 2.05) is 30.5 Å². The summed E-state index contributed by atoms with van der Waals surface area (Å²) in [5.41, 5.74) is 7.19. The van der Waals surface area contributed by atoms with Crippen LogP contribution < -0.4 is 16.0 Å². The Balaban J connectivity index is 1.86. The highest BCUT2D eigenvalue weighted by molar-refractivity contribution is 5.98. The number of benzene rings is 2. The number of aromatic nitrogens is 1. The summed E-state index contributed by atoms with van der Waals surface area (Å²) in [5.74, 6) is -0.979. The number of anilines is 1. The van der Waals surface area contributed by atoms with Gasteiger partial charge in [0.1, 0.15) is 11.9 Å². The van der Waals surface area contributed by atoms with Gasteiger partial charge in [0.25, 0.3) is 0 Å². The van der Waals surface area contributed by atoms with E-state index in [1.165, 1.54) is 6.07 Å². The van der Waals surface area contributed by atoms with Gasteiger partial charge in [-0.05, 0) is 24.1 Å². The molecular weight excluding hydrogens is 358 g/mol. The third-order valence-corrected chi connectivity index (χ3v) is 5.40. The van der Waals surface area contributed by atoms with E-state index in [1.54, 1.807) is 6.07 Å². The van der Waals surface area contributed by atoms with Crippen LogP contribution in [0.25, 0.3) is 5.57 Å². The molecule has 6 heteroatoms. The molecular formula is C22H18F2N4. The number of aromatic amines is 1. The minimum absolute atomic E-state index is 0.221. The summed E-state index contributed by atoms with van der Waals surface area (Å²) in [7, 11) is 0. The van der Waals surface area contributed by atoms with E-state index < -0.39 is 17.7 Å². The lowest BCUT2D eigenvalue weighted by molar-refractivity contribution is 0.494. The highest BCUT2D eigenvalue weighted by Crippen LogP contribution is 2.39. The standard InChI is InChI=1S/C22H18F2N4/c1-2-12-10-15-13-6-3-4-9-18(13)26-21(14-7-5-8-17(23)20(14)24)16-11-25-22(19(15)16)28-27-12/h3-9,11,21,25,28H,2,10H2,1H3. The second kappa shape index (κ2) is 6.41. The molecule has 2 N–H and O–H groups in total. The third-order valence-electron chi connectivity index (χ3n) is 5.40. The van der Waals surface area contributed by atoms with Crippen molar-refractivity contribution in [3.63, 3.8) is 0 Å². The lowest BCUT2D eigenvalue weighted by Crippen LogP contribution is -2.27. The highest BCUT2D eigenvalue weighted by Gasteiger charge is 2.29. The number of hydrogen-bond acceptors (Lipinski definition) is 3. The molecule has 28 heavy (non-hydrogen) atoms. The molecule has 2 aromatic carbocycles. The zero-order chi connectivity index (χ0) is 19.3. The number of nitrogens with zero attached hydrogens (tertiary/aromatic N) is 2. The molecule has 0 spiro atoms. The first-order chi connectivity index (χ1) is 13.7. The van der Waals surface area contributed by atoms with Crippen molar-refractivity contribution in [3.05, 3.63) is 87.6 Å². The summed E-state index contributed by atoms with van der Waals surface area (Å²) in [6, 6.07) is 11.4. The van der Waals surface area contributed by atoms with Gasteiger partial charge in [-0.3, -0.25) is 10.4 Å². The number of hydrogen-bond donors (Lipinski definition) is 2. The van der Waals surface area contributed by atoms with Crippen LogP contribution in [0.15, 0.2) is 58.8 Å². The molecule has 1 aromatic heterocycles.